The van der Waals surface area contributed by atoms with E-state index in [0.29, 0.717) is 6.54 Å². The van der Waals surface area contributed by atoms with E-state index in [4.69, 9.17) is 0 Å². The van der Waals surface area contributed by atoms with E-state index in [0.717, 1.165) is 19.3 Å². The molecule has 0 aromatic heterocycles. The van der Waals surface area contributed by atoms with Gasteiger partial charge in [0.1, 0.15) is 6.04 Å². The normalized spacial score (nSPS) is 22.3. The fourth-order valence-electron chi connectivity index (χ4n) is 1.50. The van der Waals surface area contributed by atoms with Crippen LogP contribution in [0.1, 0.15) is 33.1 Å². The molecule has 74 valence electrons. The first-order chi connectivity index (χ1) is 6.20. The van der Waals surface area contributed by atoms with Crippen LogP contribution in [0.15, 0.2) is 0 Å². The molecule has 4 nitrogen and oxygen atoms in total. The third-order valence-electron chi connectivity index (χ3n) is 2.13. The third kappa shape index (κ3) is 1.99. The Balaban J connectivity index is 2.58. The van der Waals surface area contributed by atoms with Crippen LogP contribution in [-0.2, 0) is 4.79 Å². The molecule has 0 aromatic carbocycles. The molecule has 1 aliphatic rings. The zero-order valence-corrected chi connectivity index (χ0v) is 8.17. The van der Waals surface area contributed by atoms with Crippen molar-refractivity contribution in [3.63, 3.8) is 0 Å². The van der Waals surface area contributed by atoms with Crippen molar-refractivity contribution in [1.82, 2.24) is 10.2 Å². The Hall–Kier alpha value is -1.06. The quantitative estimate of drug-likeness (QED) is 0.665. The molecule has 1 fully saturated rings. The van der Waals surface area contributed by atoms with Crippen molar-refractivity contribution in [1.29, 1.82) is 0 Å². The first kappa shape index (κ1) is 10.0. The molecular formula is C9H16N2O2. The maximum atomic E-state index is 11.5. The number of rotatable bonds is 4. The molecule has 1 rings (SSSR count). The predicted molar refractivity (Wildman–Crippen MR) is 49.2 cm³/mol. The van der Waals surface area contributed by atoms with Gasteiger partial charge in [0, 0.05) is 6.54 Å². The van der Waals surface area contributed by atoms with Crippen LogP contribution in [0.25, 0.3) is 0 Å². The third-order valence-corrected chi connectivity index (χ3v) is 2.13. The monoisotopic (exact) mass is 184 g/mol. The fourth-order valence-corrected chi connectivity index (χ4v) is 1.50. The van der Waals surface area contributed by atoms with E-state index in [1.54, 1.807) is 0 Å². The van der Waals surface area contributed by atoms with Gasteiger partial charge in [-0.25, -0.2) is 4.79 Å². The van der Waals surface area contributed by atoms with Gasteiger partial charge in [-0.05, 0) is 12.8 Å². The van der Waals surface area contributed by atoms with Crippen LogP contribution in [0.2, 0.25) is 0 Å². The average Bonchev–Trinajstić information content (AvgIpc) is 2.34. The van der Waals surface area contributed by atoms with Gasteiger partial charge in [0.2, 0.25) is 0 Å². The highest BCUT2D eigenvalue weighted by molar-refractivity contribution is 6.04. The van der Waals surface area contributed by atoms with Crippen molar-refractivity contribution in [2.24, 2.45) is 0 Å². The van der Waals surface area contributed by atoms with Gasteiger partial charge >= 0.3 is 6.03 Å². The number of carbonyl (C=O) groups is 2. The van der Waals surface area contributed by atoms with Crippen LogP contribution in [0.4, 0.5) is 4.79 Å². The summed E-state index contributed by atoms with van der Waals surface area (Å²) in [4.78, 5) is 24.1. The van der Waals surface area contributed by atoms with Gasteiger partial charge in [-0.2, -0.15) is 0 Å². The topological polar surface area (TPSA) is 49.4 Å². The molecule has 4 heteroatoms. The molecule has 1 unspecified atom stereocenters. The van der Waals surface area contributed by atoms with Crippen LogP contribution in [0.3, 0.4) is 0 Å². The predicted octanol–water partition coefficient (Wildman–Crippen LogP) is 1.12. The van der Waals surface area contributed by atoms with Gasteiger partial charge in [0.25, 0.3) is 5.91 Å². The van der Waals surface area contributed by atoms with Gasteiger partial charge in [0.05, 0.1) is 0 Å². The SMILES string of the molecule is CCCC1NC(=O)N(CCC)C1=O. The second-order valence-corrected chi connectivity index (χ2v) is 3.28. The smallest absolute Gasteiger partial charge is 0.324 e. The van der Waals surface area contributed by atoms with E-state index in [9.17, 15) is 9.59 Å². The molecule has 1 atom stereocenters. The summed E-state index contributed by atoms with van der Waals surface area (Å²) >= 11 is 0. The number of nitrogens with zero attached hydrogens (tertiary/aromatic N) is 1. The van der Waals surface area contributed by atoms with Crippen molar-refractivity contribution in [2.75, 3.05) is 6.54 Å². The van der Waals surface area contributed by atoms with Crippen LogP contribution in [-0.4, -0.2) is 29.4 Å². The lowest BCUT2D eigenvalue weighted by Gasteiger charge is -2.10. The number of amides is 3. The number of hydrogen-bond donors (Lipinski definition) is 1. The lowest BCUT2D eigenvalue weighted by Crippen LogP contribution is -2.32. The standard InChI is InChI=1S/C9H16N2O2/c1-3-5-7-8(12)11(6-4-2)9(13)10-7/h7H,3-6H2,1-2H3,(H,10,13). The Labute approximate surface area is 78.3 Å². The zero-order valence-electron chi connectivity index (χ0n) is 8.17. The van der Waals surface area contributed by atoms with Crippen LogP contribution in [0, 0.1) is 0 Å². The van der Waals surface area contributed by atoms with Crippen molar-refractivity contribution in [3.05, 3.63) is 0 Å². The molecular weight excluding hydrogens is 168 g/mol. The minimum Gasteiger partial charge on any atom is -0.326 e. The number of urea groups is 1. The van der Waals surface area contributed by atoms with E-state index in [1.807, 2.05) is 13.8 Å². The molecule has 1 heterocycles. The van der Waals surface area contributed by atoms with E-state index >= 15 is 0 Å². The maximum Gasteiger partial charge on any atom is 0.324 e. The molecule has 0 aliphatic carbocycles. The first-order valence-corrected chi connectivity index (χ1v) is 4.82. The highest BCUT2D eigenvalue weighted by atomic mass is 16.2. The maximum absolute atomic E-state index is 11.5. The number of nitrogens with one attached hydrogen (secondary N) is 1. The van der Waals surface area contributed by atoms with E-state index in [2.05, 4.69) is 5.32 Å². The summed E-state index contributed by atoms with van der Waals surface area (Å²) in [6.45, 7) is 4.49. The van der Waals surface area contributed by atoms with Gasteiger partial charge in [0.15, 0.2) is 0 Å². The van der Waals surface area contributed by atoms with Crippen molar-refractivity contribution in [2.45, 2.75) is 39.2 Å². The molecule has 3 amide bonds. The summed E-state index contributed by atoms with van der Waals surface area (Å²) in [6, 6.07) is -0.505. The fraction of sp³-hybridized carbons (Fsp3) is 0.778. The largest absolute Gasteiger partial charge is 0.326 e. The van der Waals surface area contributed by atoms with E-state index in [-0.39, 0.29) is 18.0 Å². The van der Waals surface area contributed by atoms with Crippen LogP contribution >= 0.6 is 0 Å². The Morgan fingerprint density at radius 3 is 2.54 bits per heavy atom. The molecule has 0 spiro atoms. The summed E-state index contributed by atoms with van der Waals surface area (Å²) < 4.78 is 0. The van der Waals surface area contributed by atoms with Crippen molar-refractivity contribution >= 4 is 11.9 Å². The van der Waals surface area contributed by atoms with E-state index < -0.39 is 0 Å². The summed E-state index contributed by atoms with van der Waals surface area (Å²) in [5, 5.41) is 2.68. The number of carbonyl (C=O) groups excluding carboxylic acids is 2. The molecule has 13 heavy (non-hydrogen) atoms. The van der Waals surface area contributed by atoms with Gasteiger partial charge in [-0.1, -0.05) is 20.3 Å². The average molecular weight is 184 g/mol. The summed E-state index contributed by atoms with van der Waals surface area (Å²) in [5.41, 5.74) is 0. The first-order valence-electron chi connectivity index (χ1n) is 4.82. The second kappa shape index (κ2) is 4.25. The summed E-state index contributed by atoms with van der Waals surface area (Å²) in [5.74, 6) is -0.0614. The Morgan fingerprint density at radius 1 is 1.31 bits per heavy atom. The highest BCUT2D eigenvalue weighted by Gasteiger charge is 2.36. The number of hydrogen-bond acceptors (Lipinski definition) is 2. The Morgan fingerprint density at radius 2 is 2.00 bits per heavy atom. The minimum atomic E-state index is -0.274. The van der Waals surface area contributed by atoms with Crippen molar-refractivity contribution < 1.29 is 9.59 Å². The van der Waals surface area contributed by atoms with Gasteiger partial charge in [-0.3, -0.25) is 9.69 Å². The summed E-state index contributed by atoms with van der Waals surface area (Å²) in [7, 11) is 0. The lowest BCUT2D eigenvalue weighted by molar-refractivity contribution is -0.127. The lowest BCUT2D eigenvalue weighted by atomic mass is 10.2. The molecule has 1 aliphatic heterocycles. The molecule has 0 saturated carbocycles. The second-order valence-electron chi connectivity index (χ2n) is 3.28. The molecule has 0 aromatic rings. The van der Waals surface area contributed by atoms with E-state index in [1.165, 1.54) is 4.90 Å². The highest BCUT2D eigenvalue weighted by Crippen LogP contribution is 2.10. The molecule has 1 saturated heterocycles. The zero-order chi connectivity index (χ0) is 9.84. The minimum absolute atomic E-state index is 0.0614. The Kier molecular flexibility index (Phi) is 3.28. The van der Waals surface area contributed by atoms with Crippen LogP contribution in [0.5, 0.6) is 0 Å². The van der Waals surface area contributed by atoms with Crippen molar-refractivity contribution in [3.8, 4) is 0 Å². The summed E-state index contributed by atoms with van der Waals surface area (Å²) in [6.07, 6.45) is 2.47. The Bertz CT molecular complexity index is 216. The van der Waals surface area contributed by atoms with Gasteiger partial charge in [-0.15, -0.1) is 0 Å². The molecule has 0 radical (unpaired) electrons. The molecule has 0 bridgehead atoms. The van der Waals surface area contributed by atoms with Crippen LogP contribution < -0.4 is 5.32 Å². The molecule has 1 N–H and O–H groups in total. The van der Waals surface area contributed by atoms with Gasteiger partial charge < -0.3 is 5.32 Å². The number of imide groups is 1.